The number of hydrogen-bond donors (Lipinski definition) is 2. The molecule has 0 aromatic heterocycles. The highest BCUT2D eigenvalue weighted by molar-refractivity contribution is 8.01. The minimum absolute atomic E-state index is 0.0937. The smallest absolute Gasteiger partial charge is 0.237 e. The molecule has 2 N–H and O–H groups in total. The van der Waals surface area contributed by atoms with Gasteiger partial charge in [-0.05, 0) is 62.1 Å². The van der Waals surface area contributed by atoms with E-state index in [0.717, 1.165) is 28.9 Å². The number of nitrogens with one attached hydrogen (secondary N) is 2. The van der Waals surface area contributed by atoms with Crippen LogP contribution in [0.2, 0.25) is 0 Å². The number of hydrogen-bond acceptors (Lipinski definition) is 3. The van der Waals surface area contributed by atoms with E-state index in [2.05, 4.69) is 17.6 Å². The van der Waals surface area contributed by atoms with Gasteiger partial charge in [0.25, 0.3) is 0 Å². The fourth-order valence-electron chi connectivity index (χ4n) is 2.42. The molecule has 0 aliphatic heterocycles. The Morgan fingerprint density at radius 2 is 1.73 bits per heavy atom. The Morgan fingerprint density at radius 1 is 1.04 bits per heavy atom. The summed E-state index contributed by atoms with van der Waals surface area (Å²) in [6.07, 6.45) is 0.969. The van der Waals surface area contributed by atoms with Crippen molar-refractivity contribution in [3.63, 3.8) is 0 Å². The normalized spacial score (nSPS) is 11.7. The number of benzene rings is 2. The molecule has 0 saturated carbocycles. The van der Waals surface area contributed by atoms with Crippen molar-refractivity contribution in [3.8, 4) is 0 Å². The van der Waals surface area contributed by atoms with Gasteiger partial charge in [-0.3, -0.25) is 9.59 Å². The number of thioether (sulfide) groups is 1. The third-order valence-corrected chi connectivity index (χ3v) is 5.49. The summed E-state index contributed by atoms with van der Waals surface area (Å²) >= 11 is 1.32. The molecular weight excluding hydrogens is 344 g/mol. The van der Waals surface area contributed by atoms with Crippen molar-refractivity contribution in [3.05, 3.63) is 59.2 Å². The van der Waals surface area contributed by atoms with Crippen molar-refractivity contribution in [1.29, 1.82) is 0 Å². The van der Waals surface area contributed by atoms with E-state index >= 15 is 0 Å². The van der Waals surface area contributed by atoms with E-state index in [1.54, 1.807) is 0 Å². The molecule has 0 fully saturated rings. The molecule has 0 radical (unpaired) electrons. The molecule has 5 heteroatoms. The molecule has 0 bridgehead atoms. The Balaban J connectivity index is 1.82. The zero-order chi connectivity index (χ0) is 19.1. The molecule has 4 nitrogen and oxygen atoms in total. The Bertz CT molecular complexity index is 772. The van der Waals surface area contributed by atoms with Crippen LogP contribution in [-0.4, -0.2) is 22.8 Å². The first kappa shape index (κ1) is 20.0. The maximum Gasteiger partial charge on any atom is 0.237 e. The van der Waals surface area contributed by atoms with Gasteiger partial charge in [0.15, 0.2) is 0 Å². The summed E-state index contributed by atoms with van der Waals surface area (Å²) in [7, 11) is 0. The summed E-state index contributed by atoms with van der Waals surface area (Å²) in [6.45, 7) is 7.91. The zero-order valence-corrected chi connectivity index (χ0v) is 16.6. The van der Waals surface area contributed by atoms with Crippen LogP contribution in [0.15, 0.2) is 42.5 Å². The summed E-state index contributed by atoms with van der Waals surface area (Å²) in [5.41, 5.74) is 5.03. The molecule has 0 saturated heterocycles. The molecule has 2 amide bonds. The summed E-state index contributed by atoms with van der Waals surface area (Å²) < 4.78 is 0. The minimum Gasteiger partial charge on any atom is -0.325 e. The number of rotatable bonds is 7. The lowest BCUT2D eigenvalue weighted by molar-refractivity contribution is -0.115. The van der Waals surface area contributed by atoms with Crippen molar-refractivity contribution in [1.82, 2.24) is 0 Å². The van der Waals surface area contributed by atoms with Gasteiger partial charge in [0.1, 0.15) is 0 Å². The number of aryl methyl sites for hydroxylation is 2. The monoisotopic (exact) mass is 370 g/mol. The lowest BCUT2D eigenvalue weighted by Gasteiger charge is -2.14. The van der Waals surface area contributed by atoms with E-state index in [4.69, 9.17) is 0 Å². The van der Waals surface area contributed by atoms with Crippen molar-refractivity contribution in [2.45, 2.75) is 39.4 Å². The Hall–Kier alpha value is -2.27. The summed E-state index contributed by atoms with van der Waals surface area (Å²) in [5, 5.41) is 5.49. The van der Waals surface area contributed by atoms with Crippen LogP contribution in [-0.2, 0) is 16.0 Å². The molecule has 0 spiro atoms. The van der Waals surface area contributed by atoms with Crippen molar-refractivity contribution < 1.29 is 9.59 Å². The standard InChI is InChI=1S/C21H26N2O2S/c1-5-17-9-11-18(12-10-17)22-20(24)13-26-16(4)21(25)23-19-8-6-7-14(2)15(19)3/h6-12,16H,5,13H2,1-4H3,(H,22,24)(H,23,25). The second-order valence-corrected chi connectivity index (χ2v) is 7.62. The van der Waals surface area contributed by atoms with Crippen LogP contribution in [0.3, 0.4) is 0 Å². The van der Waals surface area contributed by atoms with E-state index in [1.807, 2.05) is 63.2 Å². The van der Waals surface area contributed by atoms with Crippen molar-refractivity contribution in [2.75, 3.05) is 16.4 Å². The van der Waals surface area contributed by atoms with Crippen LogP contribution in [0.5, 0.6) is 0 Å². The second kappa shape index (κ2) is 9.43. The van der Waals surface area contributed by atoms with Gasteiger partial charge >= 0.3 is 0 Å². The van der Waals surface area contributed by atoms with Gasteiger partial charge < -0.3 is 10.6 Å². The van der Waals surface area contributed by atoms with Crippen LogP contribution in [0.25, 0.3) is 0 Å². The topological polar surface area (TPSA) is 58.2 Å². The first-order chi connectivity index (χ1) is 12.4. The molecular formula is C21H26N2O2S. The SMILES string of the molecule is CCc1ccc(NC(=O)CSC(C)C(=O)Nc2cccc(C)c2C)cc1. The highest BCUT2D eigenvalue weighted by atomic mass is 32.2. The third-order valence-electron chi connectivity index (χ3n) is 4.34. The maximum absolute atomic E-state index is 12.4. The molecule has 0 aliphatic carbocycles. The number of anilines is 2. The van der Waals surface area contributed by atoms with Crippen molar-refractivity contribution >= 4 is 35.0 Å². The highest BCUT2D eigenvalue weighted by Gasteiger charge is 2.16. The molecule has 1 unspecified atom stereocenters. The molecule has 2 rings (SSSR count). The van der Waals surface area contributed by atoms with Crippen LogP contribution in [0, 0.1) is 13.8 Å². The maximum atomic E-state index is 12.4. The van der Waals surface area contributed by atoms with Crippen LogP contribution >= 0.6 is 11.8 Å². The number of carbonyl (C=O) groups excluding carboxylic acids is 2. The number of carbonyl (C=O) groups is 2. The lowest BCUT2D eigenvalue weighted by Crippen LogP contribution is -2.25. The van der Waals surface area contributed by atoms with E-state index in [9.17, 15) is 9.59 Å². The molecule has 2 aromatic carbocycles. The van der Waals surface area contributed by atoms with Gasteiger partial charge in [-0.25, -0.2) is 0 Å². The molecule has 2 aromatic rings. The van der Waals surface area contributed by atoms with E-state index < -0.39 is 0 Å². The van der Waals surface area contributed by atoms with Gasteiger partial charge in [-0.15, -0.1) is 11.8 Å². The van der Waals surface area contributed by atoms with Crippen molar-refractivity contribution in [2.24, 2.45) is 0 Å². The van der Waals surface area contributed by atoms with Gasteiger partial charge in [0.05, 0.1) is 11.0 Å². The Kier molecular flexibility index (Phi) is 7.27. The van der Waals surface area contributed by atoms with Gasteiger partial charge in [-0.1, -0.05) is 31.2 Å². The fourth-order valence-corrected chi connectivity index (χ4v) is 3.10. The summed E-state index contributed by atoms with van der Waals surface area (Å²) in [5.74, 6) is 0.0335. The quantitative estimate of drug-likeness (QED) is 0.751. The number of amides is 2. The zero-order valence-electron chi connectivity index (χ0n) is 15.8. The average Bonchev–Trinajstić information content (AvgIpc) is 2.64. The van der Waals surface area contributed by atoms with Gasteiger partial charge in [0.2, 0.25) is 11.8 Å². The van der Waals surface area contributed by atoms with Crippen LogP contribution in [0.4, 0.5) is 11.4 Å². The summed E-state index contributed by atoms with van der Waals surface area (Å²) in [6, 6.07) is 13.6. The molecule has 1 atom stereocenters. The van der Waals surface area contributed by atoms with E-state index in [-0.39, 0.29) is 22.8 Å². The summed E-state index contributed by atoms with van der Waals surface area (Å²) in [4.78, 5) is 24.4. The van der Waals surface area contributed by atoms with Gasteiger partial charge in [-0.2, -0.15) is 0 Å². The third kappa shape index (κ3) is 5.63. The van der Waals surface area contributed by atoms with Gasteiger partial charge in [0, 0.05) is 11.4 Å². The predicted octanol–water partition coefficient (Wildman–Crippen LogP) is 4.56. The minimum atomic E-state index is -0.317. The average molecular weight is 371 g/mol. The Labute approximate surface area is 159 Å². The highest BCUT2D eigenvalue weighted by Crippen LogP contribution is 2.20. The predicted molar refractivity (Wildman–Crippen MR) is 111 cm³/mol. The molecule has 138 valence electrons. The van der Waals surface area contributed by atoms with Crippen LogP contribution in [0.1, 0.15) is 30.5 Å². The first-order valence-corrected chi connectivity index (χ1v) is 9.83. The second-order valence-electron chi connectivity index (χ2n) is 6.29. The van der Waals surface area contributed by atoms with Crippen LogP contribution < -0.4 is 10.6 Å². The van der Waals surface area contributed by atoms with E-state index in [1.165, 1.54) is 17.3 Å². The molecule has 0 aliphatic rings. The first-order valence-electron chi connectivity index (χ1n) is 8.78. The molecule has 26 heavy (non-hydrogen) atoms. The largest absolute Gasteiger partial charge is 0.325 e. The fraction of sp³-hybridized carbons (Fsp3) is 0.333. The Morgan fingerprint density at radius 3 is 2.38 bits per heavy atom. The molecule has 0 heterocycles. The lowest BCUT2D eigenvalue weighted by atomic mass is 10.1. The van der Waals surface area contributed by atoms with E-state index in [0.29, 0.717) is 0 Å².